The first-order valence-corrected chi connectivity index (χ1v) is 9.08. The van der Waals surface area contributed by atoms with Crippen molar-refractivity contribution in [2.45, 2.75) is 6.92 Å². The SMILES string of the molecule is CC(=O)Nc1cc(-c2ccc(F)cc2F)cc(-c2c(Br)cnc3nc[nH]c23)c1. The van der Waals surface area contributed by atoms with Crippen molar-refractivity contribution >= 4 is 38.7 Å². The van der Waals surface area contributed by atoms with Crippen LogP contribution < -0.4 is 5.32 Å². The number of halogens is 3. The maximum Gasteiger partial charge on any atom is 0.221 e. The first-order chi connectivity index (χ1) is 13.4. The van der Waals surface area contributed by atoms with Crippen LogP contribution in [0, 0.1) is 11.6 Å². The molecule has 5 nitrogen and oxygen atoms in total. The van der Waals surface area contributed by atoms with Crippen molar-refractivity contribution in [1.82, 2.24) is 15.0 Å². The van der Waals surface area contributed by atoms with Crippen LogP contribution in [0.15, 0.2) is 53.4 Å². The molecule has 28 heavy (non-hydrogen) atoms. The number of nitrogens with one attached hydrogen (secondary N) is 2. The van der Waals surface area contributed by atoms with Gasteiger partial charge in [0.05, 0.1) is 11.8 Å². The summed E-state index contributed by atoms with van der Waals surface area (Å²) < 4.78 is 28.4. The number of anilines is 1. The monoisotopic (exact) mass is 442 g/mol. The fourth-order valence-corrected chi connectivity index (χ4v) is 3.61. The lowest BCUT2D eigenvalue weighted by molar-refractivity contribution is -0.114. The number of hydrogen-bond donors (Lipinski definition) is 2. The van der Waals surface area contributed by atoms with Gasteiger partial charge in [-0.05, 0) is 57.4 Å². The molecule has 1 amide bonds. The van der Waals surface area contributed by atoms with Gasteiger partial charge in [-0.1, -0.05) is 0 Å². The second-order valence-electron chi connectivity index (χ2n) is 6.19. The van der Waals surface area contributed by atoms with E-state index in [4.69, 9.17) is 0 Å². The quantitative estimate of drug-likeness (QED) is 0.452. The van der Waals surface area contributed by atoms with E-state index in [0.29, 0.717) is 32.5 Å². The van der Waals surface area contributed by atoms with Gasteiger partial charge in [0.25, 0.3) is 0 Å². The lowest BCUT2D eigenvalue weighted by atomic mass is 9.97. The first-order valence-electron chi connectivity index (χ1n) is 8.28. The minimum atomic E-state index is -0.689. The van der Waals surface area contributed by atoms with Crippen LogP contribution in [-0.2, 0) is 4.79 Å². The highest BCUT2D eigenvalue weighted by molar-refractivity contribution is 9.10. The maximum absolute atomic E-state index is 14.4. The Morgan fingerprint density at radius 2 is 1.89 bits per heavy atom. The summed E-state index contributed by atoms with van der Waals surface area (Å²) in [7, 11) is 0. The number of imidazole rings is 1. The Morgan fingerprint density at radius 3 is 2.64 bits per heavy atom. The molecule has 0 unspecified atom stereocenters. The highest BCUT2D eigenvalue weighted by atomic mass is 79.9. The van der Waals surface area contributed by atoms with E-state index < -0.39 is 11.6 Å². The summed E-state index contributed by atoms with van der Waals surface area (Å²) in [5, 5.41) is 2.73. The number of aromatic amines is 1. The Hall–Kier alpha value is -3.13. The van der Waals surface area contributed by atoms with Crippen LogP contribution in [0.5, 0.6) is 0 Å². The molecular formula is C20H13BrF2N4O. The van der Waals surface area contributed by atoms with Gasteiger partial charge in [0.2, 0.25) is 5.91 Å². The molecule has 0 fully saturated rings. The van der Waals surface area contributed by atoms with Gasteiger partial charge < -0.3 is 10.3 Å². The Kier molecular flexibility index (Phi) is 4.64. The van der Waals surface area contributed by atoms with E-state index in [0.717, 1.165) is 11.6 Å². The van der Waals surface area contributed by atoms with E-state index in [1.807, 2.05) is 0 Å². The largest absolute Gasteiger partial charge is 0.343 e. The molecule has 4 aromatic rings. The minimum absolute atomic E-state index is 0.223. The number of carbonyl (C=O) groups excluding carboxylic acids is 1. The van der Waals surface area contributed by atoms with Gasteiger partial charge in [-0.25, -0.2) is 18.7 Å². The number of fused-ring (bicyclic) bond motifs is 1. The summed E-state index contributed by atoms with van der Waals surface area (Å²) in [5.74, 6) is -1.61. The molecule has 0 aliphatic rings. The molecule has 2 N–H and O–H groups in total. The van der Waals surface area contributed by atoms with E-state index in [1.165, 1.54) is 25.4 Å². The Morgan fingerprint density at radius 1 is 1.11 bits per heavy atom. The van der Waals surface area contributed by atoms with Crippen LogP contribution in [-0.4, -0.2) is 20.9 Å². The topological polar surface area (TPSA) is 70.7 Å². The molecule has 4 rings (SSSR count). The molecule has 8 heteroatoms. The highest BCUT2D eigenvalue weighted by Gasteiger charge is 2.15. The number of amides is 1. The average Bonchev–Trinajstić information content (AvgIpc) is 3.09. The van der Waals surface area contributed by atoms with E-state index in [-0.39, 0.29) is 11.5 Å². The van der Waals surface area contributed by atoms with Crippen molar-refractivity contribution in [2.24, 2.45) is 0 Å². The van der Waals surface area contributed by atoms with Crippen LogP contribution >= 0.6 is 15.9 Å². The molecule has 0 saturated carbocycles. The smallest absolute Gasteiger partial charge is 0.221 e. The Labute approximate surface area is 167 Å². The molecule has 0 aliphatic carbocycles. The van der Waals surface area contributed by atoms with Crippen LogP contribution in [0.2, 0.25) is 0 Å². The van der Waals surface area contributed by atoms with E-state index in [9.17, 15) is 13.6 Å². The van der Waals surface area contributed by atoms with E-state index in [1.54, 1.807) is 24.4 Å². The van der Waals surface area contributed by atoms with Gasteiger partial charge in [-0.2, -0.15) is 0 Å². The summed E-state index contributed by atoms with van der Waals surface area (Å²) >= 11 is 3.50. The lowest BCUT2D eigenvalue weighted by Gasteiger charge is -2.13. The van der Waals surface area contributed by atoms with Crippen LogP contribution in [0.3, 0.4) is 0 Å². The predicted octanol–water partition coefficient (Wildman–Crippen LogP) is 5.29. The first kappa shape index (κ1) is 18.2. The zero-order valence-electron chi connectivity index (χ0n) is 14.6. The van der Waals surface area contributed by atoms with Crippen molar-refractivity contribution < 1.29 is 13.6 Å². The summed E-state index contributed by atoms with van der Waals surface area (Å²) in [6.07, 6.45) is 3.16. The van der Waals surface area contributed by atoms with Crippen LogP contribution in [0.1, 0.15) is 6.92 Å². The molecule has 0 saturated heterocycles. The van der Waals surface area contributed by atoms with Gasteiger partial charge in [0, 0.05) is 40.5 Å². The van der Waals surface area contributed by atoms with Crippen molar-refractivity contribution in [1.29, 1.82) is 0 Å². The molecule has 2 heterocycles. The highest BCUT2D eigenvalue weighted by Crippen LogP contribution is 2.37. The summed E-state index contributed by atoms with van der Waals surface area (Å²) in [6, 6.07) is 8.57. The van der Waals surface area contributed by atoms with Crippen LogP contribution in [0.4, 0.5) is 14.5 Å². The maximum atomic E-state index is 14.4. The minimum Gasteiger partial charge on any atom is -0.343 e. The van der Waals surface area contributed by atoms with Gasteiger partial charge in [-0.3, -0.25) is 4.79 Å². The Balaban J connectivity index is 1.98. The lowest BCUT2D eigenvalue weighted by Crippen LogP contribution is -2.06. The molecular weight excluding hydrogens is 430 g/mol. The zero-order valence-corrected chi connectivity index (χ0v) is 16.1. The second kappa shape index (κ2) is 7.12. The average molecular weight is 443 g/mol. The second-order valence-corrected chi connectivity index (χ2v) is 7.04. The number of carbonyl (C=O) groups is 1. The fourth-order valence-electron chi connectivity index (χ4n) is 3.08. The third kappa shape index (κ3) is 3.38. The summed E-state index contributed by atoms with van der Waals surface area (Å²) in [4.78, 5) is 23.0. The van der Waals surface area contributed by atoms with Crippen molar-refractivity contribution in [3.8, 4) is 22.3 Å². The van der Waals surface area contributed by atoms with Crippen molar-refractivity contribution in [3.63, 3.8) is 0 Å². The molecule has 0 aliphatic heterocycles. The number of pyridine rings is 1. The van der Waals surface area contributed by atoms with Crippen molar-refractivity contribution in [2.75, 3.05) is 5.32 Å². The molecule has 0 bridgehead atoms. The van der Waals surface area contributed by atoms with Crippen molar-refractivity contribution in [3.05, 3.63) is 65.0 Å². The summed E-state index contributed by atoms with van der Waals surface area (Å²) in [6.45, 7) is 1.39. The van der Waals surface area contributed by atoms with Crippen LogP contribution in [0.25, 0.3) is 33.4 Å². The standard InChI is InChI=1S/C20H13BrF2N4O/c1-10(28)27-14-5-11(15-3-2-13(22)7-17(15)23)4-12(6-14)18-16(21)8-24-20-19(18)25-9-26-20/h2-9H,1H3,(H,27,28)(H,24,25,26). The van der Waals surface area contributed by atoms with E-state index in [2.05, 4.69) is 36.2 Å². The third-order valence-electron chi connectivity index (χ3n) is 4.19. The van der Waals surface area contributed by atoms with Gasteiger partial charge in [-0.15, -0.1) is 0 Å². The fraction of sp³-hybridized carbons (Fsp3) is 0.0500. The van der Waals surface area contributed by atoms with Gasteiger partial charge in [0.15, 0.2) is 5.65 Å². The van der Waals surface area contributed by atoms with Gasteiger partial charge >= 0.3 is 0 Å². The normalized spacial score (nSPS) is 11.0. The van der Waals surface area contributed by atoms with E-state index >= 15 is 0 Å². The molecule has 140 valence electrons. The molecule has 2 aromatic heterocycles. The number of rotatable bonds is 3. The number of hydrogen-bond acceptors (Lipinski definition) is 3. The molecule has 0 atom stereocenters. The number of nitrogens with zero attached hydrogens (tertiary/aromatic N) is 2. The number of benzene rings is 2. The number of aromatic nitrogens is 3. The molecule has 0 radical (unpaired) electrons. The molecule has 2 aromatic carbocycles. The third-order valence-corrected chi connectivity index (χ3v) is 4.79. The predicted molar refractivity (Wildman–Crippen MR) is 107 cm³/mol. The zero-order chi connectivity index (χ0) is 19.8. The number of H-pyrrole nitrogens is 1. The Bertz CT molecular complexity index is 1220. The summed E-state index contributed by atoms with van der Waals surface area (Å²) in [5.41, 5.74) is 3.89. The molecule has 0 spiro atoms. The van der Waals surface area contributed by atoms with Gasteiger partial charge in [0.1, 0.15) is 11.6 Å².